The summed E-state index contributed by atoms with van der Waals surface area (Å²) >= 11 is 5.59. The van der Waals surface area contributed by atoms with E-state index in [9.17, 15) is 0 Å². The van der Waals surface area contributed by atoms with Crippen LogP contribution in [-0.4, -0.2) is 52.1 Å². The molecule has 0 bridgehead atoms. The van der Waals surface area contributed by atoms with E-state index in [2.05, 4.69) is 6.58 Å². The van der Waals surface area contributed by atoms with Crippen molar-refractivity contribution in [2.24, 2.45) is 0 Å². The van der Waals surface area contributed by atoms with Gasteiger partial charge >= 0.3 is 0 Å². The van der Waals surface area contributed by atoms with E-state index in [0.717, 1.165) is 25.3 Å². The van der Waals surface area contributed by atoms with Gasteiger partial charge in [-0.15, -0.1) is 11.6 Å². The Bertz CT molecular complexity index is 179. The van der Waals surface area contributed by atoms with Crippen molar-refractivity contribution in [2.45, 2.75) is 25.7 Å². The molecule has 0 rings (SSSR count). The van der Waals surface area contributed by atoms with Gasteiger partial charge in [0.1, 0.15) is 6.61 Å². The summed E-state index contributed by atoms with van der Waals surface area (Å²) in [6.45, 7) is 7.79. The van der Waals surface area contributed by atoms with Gasteiger partial charge in [0.2, 0.25) is 0 Å². The Balaban J connectivity index is 2.89. The molecule has 0 atom stereocenters. The van der Waals surface area contributed by atoms with Crippen molar-refractivity contribution in [1.29, 1.82) is 0 Å². The number of hydrogen-bond acceptors (Lipinski definition) is 4. The lowest BCUT2D eigenvalue weighted by atomic mass is 10.2. The minimum Gasteiger partial charge on any atom is -0.499 e. The van der Waals surface area contributed by atoms with Crippen molar-refractivity contribution in [3.63, 3.8) is 0 Å². The molecule has 0 saturated carbocycles. The molecular weight excluding hydrogens is 268 g/mol. The Labute approximate surface area is 122 Å². The fourth-order valence-corrected chi connectivity index (χ4v) is 1.57. The lowest BCUT2D eigenvalue weighted by molar-refractivity contribution is 0.00609. The smallest absolute Gasteiger partial charge is 0.111 e. The van der Waals surface area contributed by atoms with Crippen LogP contribution < -0.4 is 0 Å². The summed E-state index contributed by atoms with van der Waals surface area (Å²) in [4.78, 5) is 0. The number of ether oxygens (including phenoxy) is 4. The molecule has 0 aliphatic heterocycles. The van der Waals surface area contributed by atoms with Crippen LogP contribution in [0.4, 0.5) is 0 Å². The van der Waals surface area contributed by atoms with Crippen LogP contribution in [0.3, 0.4) is 0 Å². The van der Waals surface area contributed by atoms with Crippen molar-refractivity contribution in [2.75, 3.05) is 52.1 Å². The van der Waals surface area contributed by atoms with Crippen LogP contribution >= 0.6 is 11.6 Å². The lowest BCUT2D eigenvalue weighted by Crippen LogP contribution is -2.11. The molecule has 0 fully saturated rings. The fraction of sp³-hybridized carbons (Fsp3) is 0.857. The molecule has 114 valence electrons. The van der Waals surface area contributed by atoms with Crippen LogP contribution in [0.25, 0.3) is 0 Å². The van der Waals surface area contributed by atoms with Crippen molar-refractivity contribution >= 4 is 11.6 Å². The monoisotopic (exact) mass is 294 g/mol. The molecule has 0 amide bonds. The van der Waals surface area contributed by atoms with E-state index in [-0.39, 0.29) is 0 Å². The van der Waals surface area contributed by atoms with Crippen molar-refractivity contribution in [3.05, 3.63) is 12.8 Å². The van der Waals surface area contributed by atoms with Gasteiger partial charge in [-0.05, 0) is 12.8 Å². The highest BCUT2D eigenvalue weighted by Gasteiger charge is 1.93. The third-order valence-corrected chi connectivity index (χ3v) is 2.65. The number of hydrogen-bond donors (Lipinski definition) is 0. The summed E-state index contributed by atoms with van der Waals surface area (Å²) in [5.41, 5.74) is 0. The van der Waals surface area contributed by atoms with E-state index in [1.807, 2.05) is 0 Å². The van der Waals surface area contributed by atoms with Gasteiger partial charge in [-0.1, -0.05) is 19.4 Å². The number of halogens is 1. The van der Waals surface area contributed by atoms with Crippen LogP contribution in [-0.2, 0) is 18.9 Å². The second-order valence-electron chi connectivity index (χ2n) is 3.98. The standard InChI is InChI=1S/C14H27ClO4/c1-2-16-9-10-18-13-14-19-12-11-17-8-6-4-3-5-7-15/h2H,1,3-14H2. The first kappa shape index (κ1) is 18.7. The molecule has 0 aliphatic carbocycles. The average Bonchev–Trinajstić information content (AvgIpc) is 2.43. The highest BCUT2D eigenvalue weighted by atomic mass is 35.5. The molecule has 0 aromatic rings. The van der Waals surface area contributed by atoms with Crippen LogP contribution in [0.1, 0.15) is 25.7 Å². The quantitative estimate of drug-likeness (QED) is 0.249. The molecule has 5 heteroatoms. The Morgan fingerprint density at radius 3 is 1.79 bits per heavy atom. The first-order chi connectivity index (χ1) is 9.41. The third-order valence-electron chi connectivity index (χ3n) is 2.38. The van der Waals surface area contributed by atoms with E-state index >= 15 is 0 Å². The third kappa shape index (κ3) is 17.7. The van der Waals surface area contributed by atoms with Gasteiger partial charge in [-0.25, -0.2) is 0 Å². The lowest BCUT2D eigenvalue weighted by Gasteiger charge is -2.06. The molecule has 0 radical (unpaired) electrons. The molecule has 0 aliphatic rings. The molecule has 0 spiro atoms. The van der Waals surface area contributed by atoms with E-state index < -0.39 is 0 Å². The van der Waals surface area contributed by atoms with Gasteiger partial charge in [-0.2, -0.15) is 0 Å². The first-order valence-electron chi connectivity index (χ1n) is 6.93. The van der Waals surface area contributed by atoms with E-state index in [4.69, 9.17) is 30.5 Å². The second kappa shape index (κ2) is 17.7. The maximum absolute atomic E-state index is 5.59. The van der Waals surface area contributed by atoms with Crippen molar-refractivity contribution < 1.29 is 18.9 Å². The summed E-state index contributed by atoms with van der Waals surface area (Å²) in [7, 11) is 0. The van der Waals surface area contributed by atoms with Gasteiger partial charge in [0.15, 0.2) is 0 Å². The Morgan fingerprint density at radius 2 is 1.21 bits per heavy atom. The molecule has 0 aromatic heterocycles. The summed E-state index contributed by atoms with van der Waals surface area (Å²) in [5, 5.41) is 0. The minimum atomic E-state index is 0.538. The summed E-state index contributed by atoms with van der Waals surface area (Å²) in [5.74, 6) is 0.760. The molecule has 4 nitrogen and oxygen atoms in total. The van der Waals surface area contributed by atoms with Crippen LogP contribution in [0.5, 0.6) is 0 Å². The van der Waals surface area contributed by atoms with E-state index in [1.54, 1.807) is 0 Å². The van der Waals surface area contributed by atoms with E-state index in [1.165, 1.54) is 19.1 Å². The SMILES string of the molecule is C=COCCOCCOCCOCCCCCCCl. The van der Waals surface area contributed by atoms with Crippen molar-refractivity contribution in [3.8, 4) is 0 Å². The summed E-state index contributed by atoms with van der Waals surface area (Å²) in [6.07, 6.45) is 5.99. The zero-order chi connectivity index (χ0) is 14.0. The Morgan fingerprint density at radius 1 is 0.684 bits per heavy atom. The van der Waals surface area contributed by atoms with Gasteiger partial charge in [0.25, 0.3) is 0 Å². The molecule has 19 heavy (non-hydrogen) atoms. The number of alkyl halides is 1. The predicted octanol–water partition coefficient (Wildman–Crippen LogP) is 3.00. The van der Waals surface area contributed by atoms with Gasteiger partial charge < -0.3 is 18.9 Å². The van der Waals surface area contributed by atoms with Crippen molar-refractivity contribution in [1.82, 2.24) is 0 Å². The second-order valence-corrected chi connectivity index (χ2v) is 4.36. The Kier molecular flexibility index (Phi) is 17.4. The first-order valence-corrected chi connectivity index (χ1v) is 7.47. The molecule has 0 N–H and O–H groups in total. The molecule has 0 unspecified atom stereocenters. The minimum absolute atomic E-state index is 0.538. The fourth-order valence-electron chi connectivity index (χ4n) is 1.38. The predicted molar refractivity (Wildman–Crippen MR) is 77.8 cm³/mol. The highest BCUT2D eigenvalue weighted by Crippen LogP contribution is 2.00. The zero-order valence-electron chi connectivity index (χ0n) is 11.8. The molecule has 0 heterocycles. The summed E-state index contributed by atoms with van der Waals surface area (Å²) < 4.78 is 21.0. The topological polar surface area (TPSA) is 36.9 Å². The number of rotatable bonds is 16. The zero-order valence-corrected chi connectivity index (χ0v) is 12.5. The number of unbranched alkanes of at least 4 members (excludes halogenated alkanes) is 3. The maximum Gasteiger partial charge on any atom is 0.111 e. The van der Waals surface area contributed by atoms with Gasteiger partial charge in [-0.3, -0.25) is 0 Å². The van der Waals surface area contributed by atoms with Crippen LogP contribution in [0, 0.1) is 0 Å². The molecule has 0 saturated heterocycles. The highest BCUT2D eigenvalue weighted by molar-refractivity contribution is 6.17. The van der Waals surface area contributed by atoms with E-state index in [0.29, 0.717) is 39.6 Å². The van der Waals surface area contributed by atoms with Gasteiger partial charge in [0.05, 0.1) is 39.3 Å². The normalized spacial score (nSPS) is 10.6. The molecule has 0 aromatic carbocycles. The maximum atomic E-state index is 5.59. The average molecular weight is 295 g/mol. The Hall–Kier alpha value is -0.290. The molecular formula is C14H27ClO4. The largest absolute Gasteiger partial charge is 0.499 e. The van der Waals surface area contributed by atoms with Crippen LogP contribution in [0.2, 0.25) is 0 Å². The van der Waals surface area contributed by atoms with Crippen LogP contribution in [0.15, 0.2) is 12.8 Å². The van der Waals surface area contributed by atoms with Gasteiger partial charge in [0, 0.05) is 12.5 Å². The summed E-state index contributed by atoms with van der Waals surface area (Å²) in [6, 6.07) is 0.